The third-order valence-electron chi connectivity index (χ3n) is 6.00. The van der Waals surface area contributed by atoms with Crippen LogP contribution in [0.15, 0.2) is 59.5 Å². The Morgan fingerprint density at radius 3 is 2.12 bits per heavy atom. The van der Waals surface area contributed by atoms with Gasteiger partial charge in [0.1, 0.15) is 6.04 Å². The molecule has 2 amide bonds. The number of rotatable bonds is 7. The smallest absolute Gasteiger partial charge is 0.242 e. The van der Waals surface area contributed by atoms with Crippen molar-refractivity contribution in [2.24, 2.45) is 11.1 Å². The van der Waals surface area contributed by atoms with Gasteiger partial charge in [-0.05, 0) is 68.6 Å². The van der Waals surface area contributed by atoms with Gasteiger partial charge in [0.25, 0.3) is 0 Å². The molecule has 0 spiro atoms. The first-order valence-corrected chi connectivity index (χ1v) is 12.4. The van der Waals surface area contributed by atoms with E-state index in [2.05, 4.69) is 15.5 Å². The Hall–Kier alpha value is -2.75. The van der Waals surface area contributed by atoms with Crippen LogP contribution in [0.25, 0.3) is 0 Å². The SMILES string of the molecule is NS(=O)(=O)c1ccc(NC(=O)C2CCN([C@@H](C(=O)NC3CC3)c3ccccc3)CC2)cc1. The highest BCUT2D eigenvalue weighted by atomic mass is 32.2. The van der Waals surface area contributed by atoms with Gasteiger partial charge in [-0.3, -0.25) is 14.5 Å². The maximum absolute atomic E-state index is 13.0. The van der Waals surface area contributed by atoms with Gasteiger partial charge >= 0.3 is 0 Å². The van der Waals surface area contributed by atoms with E-state index in [1.807, 2.05) is 30.3 Å². The second-order valence-electron chi connectivity index (χ2n) is 8.46. The molecule has 170 valence electrons. The Kier molecular flexibility index (Phi) is 6.59. The van der Waals surface area contributed by atoms with E-state index in [1.165, 1.54) is 24.3 Å². The fourth-order valence-electron chi connectivity index (χ4n) is 4.06. The number of hydrogen-bond acceptors (Lipinski definition) is 5. The molecule has 32 heavy (non-hydrogen) atoms. The van der Waals surface area contributed by atoms with Gasteiger partial charge < -0.3 is 10.6 Å². The number of piperidine rings is 1. The maximum atomic E-state index is 13.0. The van der Waals surface area contributed by atoms with E-state index in [4.69, 9.17) is 5.14 Å². The second kappa shape index (κ2) is 9.40. The van der Waals surface area contributed by atoms with E-state index in [-0.39, 0.29) is 34.7 Å². The number of likely N-dealkylation sites (tertiary alicyclic amines) is 1. The molecule has 1 heterocycles. The number of carbonyl (C=O) groups excluding carboxylic acids is 2. The van der Waals surface area contributed by atoms with Gasteiger partial charge in [-0.2, -0.15) is 0 Å². The molecule has 8 nitrogen and oxygen atoms in total. The lowest BCUT2D eigenvalue weighted by atomic mass is 9.93. The lowest BCUT2D eigenvalue weighted by molar-refractivity contribution is -0.128. The predicted molar refractivity (Wildman–Crippen MR) is 121 cm³/mol. The summed E-state index contributed by atoms with van der Waals surface area (Å²) >= 11 is 0. The van der Waals surface area contributed by atoms with E-state index in [1.54, 1.807) is 0 Å². The molecule has 0 bridgehead atoms. The Labute approximate surface area is 188 Å². The topological polar surface area (TPSA) is 122 Å². The van der Waals surface area contributed by atoms with Crippen molar-refractivity contribution in [3.05, 3.63) is 60.2 Å². The third-order valence-corrected chi connectivity index (χ3v) is 6.93. The number of primary sulfonamides is 1. The minimum Gasteiger partial charge on any atom is -0.352 e. The molecule has 4 rings (SSSR count). The zero-order valence-corrected chi connectivity index (χ0v) is 18.6. The van der Waals surface area contributed by atoms with Gasteiger partial charge in [-0.25, -0.2) is 13.6 Å². The number of benzene rings is 2. The molecule has 2 fully saturated rings. The summed E-state index contributed by atoms with van der Waals surface area (Å²) in [7, 11) is -3.77. The molecule has 0 unspecified atom stereocenters. The first-order valence-electron chi connectivity index (χ1n) is 10.8. The molecule has 2 aliphatic rings. The lowest BCUT2D eigenvalue weighted by Crippen LogP contribution is -2.46. The van der Waals surface area contributed by atoms with Gasteiger partial charge in [0, 0.05) is 17.6 Å². The quantitative estimate of drug-likeness (QED) is 0.588. The number of nitrogens with one attached hydrogen (secondary N) is 2. The molecule has 1 saturated carbocycles. The highest BCUT2D eigenvalue weighted by Gasteiger charge is 2.35. The van der Waals surface area contributed by atoms with Crippen LogP contribution in [0.4, 0.5) is 5.69 Å². The molecule has 2 aromatic carbocycles. The van der Waals surface area contributed by atoms with Crippen LogP contribution >= 0.6 is 0 Å². The normalized spacial score (nSPS) is 18.7. The van der Waals surface area contributed by atoms with E-state index in [0.29, 0.717) is 31.6 Å². The average molecular weight is 457 g/mol. The number of anilines is 1. The largest absolute Gasteiger partial charge is 0.352 e. The van der Waals surface area contributed by atoms with Gasteiger partial charge in [0.15, 0.2) is 0 Å². The first kappa shape index (κ1) is 22.4. The number of nitrogens with zero attached hydrogens (tertiary/aromatic N) is 1. The lowest BCUT2D eigenvalue weighted by Gasteiger charge is -2.36. The number of carbonyl (C=O) groups is 2. The molecule has 1 atom stereocenters. The maximum Gasteiger partial charge on any atom is 0.242 e. The Bertz CT molecular complexity index is 1060. The minimum atomic E-state index is -3.77. The Morgan fingerprint density at radius 1 is 0.938 bits per heavy atom. The van der Waals surface area contributed by atoms with Crippen molar-refractivity contribution in [3.63, 3.8) is 0 Å². The van der Waals surface area contributed by atoms with Crippen molar-refractivity contribution in [2.75, 3.05) is 18.4 Å². The molecular weight excluding hydrogens is 428 g/mol. The summed E-state index contributed by atoms with van der Waals surface area (Å²) in [6, 6.07) is 15.5. The zero-order valence-electron chi connectivity index (χ0n) is 17.7. The van der Waals surface area contributed by atoms with Crippen LogP contribution in [0.3, 0.4) is 0 Å². The number of amides is 2. The van der Waals surface area contributed by atoms with Crippen molar-refractivity contribution < 1.29 is 18.0 Å². The fraction of sp³-hybridized carbons (Fsp3) is 0.391. The molecule has 1 aliphatic carbocycles. The first-order chi connectivity index (χ1) is 15.3. The number of hydrogen-bond donors (Lipinski definition) is 3. The monoisotopic (exact) mass is 456 g/mol. The van der Waals surface area contributed by atoms with E-state index >= 15 is 0 Å². The standard InChI is InChI=1S/C23H28N4O4S/c24-32(30,31)20-10-8-19(9-11-20)25-22(28)17-12-14-27(15-13-17)21(16-4-2-1-3-5-16)23(29)26-18-6-7-18/h1-5,8-11,17-18,21H,6-7,12-15H2,(H,25,28)(H,26,29)(H2,24,30,31)/t21-/m1/s1. The summed E-state index contributed by atoms with van der Waals surface area (Å²) in [5.41, 5.74) is 1.49. The van der Waals surface area contributed by atoms with Crippen LogP contribution in [0.2, 0.25) is 0 Å². The molecule has 1 aliphatic heterocycles. The summed E-state index contributed by atoms with van der Waals surface area (Å²) in [4.78, 5) is 27.8. The Balaban J connectivity index is 1.37. The van der Waals surface area contributed by atoms with E-state index in [9.17, 15) is 18.0 Å². The van der Waals surface area contributed by atoms with Crippen LogP contribution in [-0.2, 0) is 19.6 Å². The summed E-state index contributed by atoms with van der Waals surface area (Å²) in [6.07, 6.45) is 3.35. The van der Waals surface area contributed by atoms with Crippen LogP contribution in [0, 0.1) is 5.92 Å². The van der Waals surface area contributed by atoms with Crippen LogP contribution < -0.4 is 15.8 Å². The summed E-state index contributed by atoms with van der Waals surface area (Å²) in [5.74, 6) is -0.254. The molecular formula is C23H28N4O4S. The van der Waals surface area contributed by atoms with Gasteiger partial charge in [-0.15, -0.1) is 0 Å². The van der Waals surface area contributed by atoms with Crippen LogP contribution in [0.5, 0.6) is 0 Å². The summed E-state index contributed by atoms with van der Waals surface area (Å²) in [6.45, 7) is 1.28. The van der Waals surface area contributed by atoms with Gasteiger partial charge in [0.05, 0.1) is 4.90 Å². The van der Waals surface area contributed by atoms with Crippen LogP contribution in [-0.4, -0.2) is 44.3 Å². The second-order valence-corrected chi connectivity index (χ2v) is 10.0. The highest BCUT2D eigenvalue weighted by molar-refractivity contribution is 7.89. The number of sulfonamides is 1. The zero-order chi connectivity index (χ0) is 22.7. The molecule has 9 heteroatoms. The minimum absolute atomic E-state index is 0.000218. The molecule has 0 radical (unpaired) electrons. The predicted octanol–water partition coefficient (Wildman–Crippen LogP) is 2.00. The highest BCUT2D eigenvalue weighted by Crippen LogP contribution is 2.29. The van der Waals surface area contributed by atoms with Gasteiger partial charge in [0.2, 0.25) is 21.8 Å². The van der Waals surface area contributed by atoms with Crippen molar-refractivity contribution >= 4 is 27.5 Å². The average Bonchev–Trinajstić information content (AvgIpc) is 3.59. The summed E-state index contributed by atoms with van der Waals surface area (Å²) in [5, 5.41) is 11.1. The van der Waals surface area contributed by atoms with Crippen molar-refractivity contribution in [2.45, 2.75) is 42.7 Å². The van der Waals surface area contributed by atoms with Crippen molar-refractivity contribution in [1.29, 1.82) is 0 Å². The summed E-state index contributed by atoms with van der Waals surface area (Å²) < 4.78 is 22.7. The third kappa shape index (κ3) is 5.53. The molecule has 2 aromatic rings. The van der Waals surface area contributed by atoms with Crippen molar-refractivity contribution in [1.82, 2.24) is 10.2 Å². The fourth-order valence-corrected chi connectivity index (χ4v) is 4.58. The molecule has 0 aromatic heterocycles. The molecule has 4 N–H and O–H groups in total. The van der Waals surface area contributed by atoms with E-state index < -0.39 is 10.0 Å². The number of nitrogens with two attached hydrogens (primary N) is 1. The van der Waals surface area contributed by atoms with Crippen molar-refractivity contribution in [3.8, 4) is 0 Å². The molecule has 1 saturated heterocycles. The van der Waals surface area contributed by atoms with Gasteiger partial charge in [-0.1, -0.05) is 30.3 Å². The Morgan fingerprint density at radius 2 is 1.56 bits per heavy atom. The van der Waals surface area contributed by atoms with Crippen LogP contribution in [0.1, 0.15) is 37.3 Å². The van der Waals surface area contributed by atoms with E-state index in [0.717, 1.165) is 18.4 Å².